The number of amides is 3. The van der Waals surface area contributed by atoms with E-state index in [9.17, 15) is 14.4 Å². The van der Waals surface area contributed by atoms with Crippen LogP contribution in [0.1, 0.15) is 75.7 Å². The maximum Gasteiger partial charge on any atom is 0.279 e. The molecule has 0 saturated heterocycles. The van der Waals surface area contributed by atoms with Crippen LogP contribution >= 0.6 is 0 Å². The van der Waals surface area contributed by atoms with E-state index in [0.29, 0.717) is 35.8 Å². The second-order valence-corrected chi connectivity index (χ2v) is 8.53. The molecule has 0 aromatic heterocycles. The molecule has 3 N–H and O–H groups in total. The molecule has 0 radical (unpaired) electrons. The number of nitrogens with one attached hydrogen (secondary N) is 3. The van der Waals surface area contributed by atoms with Gasteiger partial charge in [0.1, 0.15) is 5.75 Å². The number of hydrogen-bond donors (Lipinski definition) is 3. The van der Waals surface area contributed by atoms with Gasteiger partial charge in [0.05, 0.1) is 0 Å². The average Bonchev–Trinajstić information content (AvgIpc) is 2.80. The third-order valence-corrected chi connectivity index (χ3v) is 5.32. The summed E-state index contributed by atoms with van der Waals surface area (Å²) in [5.41, 5.74) is 6.90. The van der Waals surface area contributed by atoms with Crippen molar-refractivity contribution < 1.29 is 19.1 Å². The highest BCUT2D eigenvalue weighted by molar-refractivity contribution is 5.97. The summed E-state index contributed by atoms with van der Waals surface area (Å²) in [6.07, 6.45) is 1.09. The van der Waals surface area contributed by atoms with E-state index in [2.05, 4.69) is 30.0 Å². The lowest BCUT2D eigenvalue weighted by molar-refractivity contribution is -0.129. The number of para-hydroxylation sites is 1. The van der Waals surface area contributed by atoms with Crippen molar-refractivity contribution in [2.75, 3.05) is 5.32 Å². The van der Waals surface area contributed by atoms with Crippen molar-refractivity contribution in [3.05, 3.63) is 59.7 Å². The molecule has 33 heavy (non-hydrogen) atoms. The number of carbonyl (C=O) groups is 3. The minimum atomic E-state index is -0.742. The Hall–Kier alpha value is -3.35. The Morgan fingerprint density at radius 1 is 0.879 bits per heavy atom. The Morgan fingerprint density at radius 3 is 2.15 bits per heavy atom. The molecule has 0 saturated carbocycles. The van der Waals surface area contributed by atoms with Crippen molar-refractivity contribution in [2.24, 2.45) is 5.92 Å². The van der Waals surface area contributed by atoms with E-state index >= 15 is 0 Å². The first-order valence-electron chi connectivity index (χ1n) is 11.5. The first kappa shape index (κ1) is 25.9. The first-order chi connectivity index (χ1) is 15.7. The second-order valence-electron chi connectivity index (χ2n) is 8.53. The SMILES string of the molecule is CCC(Oc1ccccc1C(C)CC)C(=O)NNC(=O)c1ccc(NC(=O)CC(C)C)cc1. The topological polar surface area (TPSA) is 96.5 Å². The number of hydrogen-bond acceptors (Lipinski definition) is 4. The van der Waals surface area contributed by atoms with Gasteiger partial charge in [-0.25, -0.2) is 0 Å². The van der Waals surface area contributed by atoms with E-state index in [1.807, 2.05) is 45.0 Å². The van der Waals surface area contributed by atoms with Crippen LogP contribution in [0.4, 0.5) is 5.69 Å². The predicted octanol–water partition coefficient (Wildman–Crippen LogP) is 4.80. The summed E-state index contributed by atoms with van der Waals surface area (Å²) in [5, 5.41) is 2.79. The second kappa shape index (κ2) is 12.6. The third-order valence-electron chi connectivity index (χ3n) is 5.32. The van der Waals surface area contributed by atoms with Crippen molar-refractivity contribution in [2.45, 2.75) is 65.9 Å². The van der Waals surface area contributed by atoms with Gasteiger partial charge in [-0.15, -0.1) is 0 Å². The fraction of sp³-hybridized carbons (Fsp3) is 0.423. The molecule has 2 unspecified atom stereocenters. The predicted molar refractivity (Wildman–Crippen MR) is 130 cm³/mol. The van der Waals surface area contributed by atoms with E-state index in [-0.39, 0.29) is 11.8 Å². The van der Waals surface area contributed by atoms with Gasteiger partial charge in [0, 0.05) is 17.7 Å². The Bertz CT molecular complexity index is 941. The summed E-state index contributed by atoms with van der Waals surface area (Å²) in [6, 6.07) is 14.2. The molecule has 0 spiro atoms. The van der Waals surface area contributed by atoms with Crippen LogP contribution in [-0.2, 0) is 9.59 Å². The van der Waals surface area contributed by atoms with Gasteiger partial charge in [-0.3, -0.25) is 25.2 Å². The Morgan fingerprint density at radius 2 is 1.55 bits per heavy atom. The highest BCUT2D eigenvalue weighted by Crippen LogP contribution is 2.29. The molecule has 2 atom stereocenters. The lowest BCUT2D eigenvalue weighted by Crippen LogP contribution is -2.48. The molecule has 0 fully saturated rings. The number of ether oxygens (including phenoxy) is 1. The van der Waals surface area contributed by atoms with Gasteiger partial charge in [-0.1, -0.05) is 52.8 Å². The molecule has 3 amide bonds. The van der Waals surface area contributed by atoms with Crippen LogP contribution in [0.15, 0.2) is 48.5 Å². The summed E-state index contributed by atoms with van der Waals surface area (Å²) in [7, 11) is 0. The van der Waals surface area contributed by atoms with Gasteiger partial charge in [0.2, 0.25) is 5.91 Å². The summed E-state index contributed by atoms with van der Waals surface area (Å²) >= 11 is 0. The van der Waals surface area contributed by atoms with Gasteiger partial charge in [-0.05, 0) is 60.6 Å². The van der Waals surface area contributed by atoms with Gasteiger partial charge < -0.3 is 10.1 Å². The summed E-state index contributed by atoms with van der Waals surface area (Å²) in [4.78, 5) is 36.9. The molecule has 2 aromatic carbocycles. The standard InChI is InChI=1S/C26H35N3O4/c1-6-18(5)21-10-8-9-11-23(21)33-22(7-2)26(32)29-28-25(31)19-12-14-20(15-13-19)27-24(30)16-17(3)4/h8-15,17-18,22H,6-7,16H2,1-5H3,(H,27,30)(H,28,31)(H,29,32). The summed E-state index contributed by atoms with van der Waals surface area (Å²) in [5.74, 6) is 0.281. The average molecular weight is 454 g/mol. The molecule has 2 aromatic rings. The number of carbonyl (C=O) groups excluding carboxylic acids is 3. The molecule has 2 rings (SSSR count). The molecule has 0 heterocycles. The number of benzene rings is 2. The summed E-state index contributed by atoms with van der Waals surface area (Å²) < 4.78 is 5.99. The van der Waals surface area contributed by atoms with Crippen LogP contribution in [0.2, 0.25) is 0 Å². The molecular formula is C26H35N3O4. The van der Waals surface area contributed by atoms with E-state index in [1.165, 1.54) is 0 Å². The Kier molecular flexibility index (Phi) is 9.91. The van der Waals surface area contributed by atoms with Crippen molar-refractivity contribution in [1.82, 2.24) is 10.9 Å². The molecule has 7 heteroatoms. The minimum absolute atomic E-state index is 0.0741. The van der Waals surface area contributed by atoms with Crippen molar-refractivity contribution in [1.29, 1.82) is 0 Å². The largest absolute Gasteiger partial charge is 0.480 e. The zero-order valence-electron chi connectivity index (χ0n) is 20.1. The third kappa shape index (κ3) is 7.93. The fourth-order valence-electron chi connectivity index (χ4n) is 3.25. The number of anilines is 1. The molecule has 7 nitrogen and oxygen atoms in total. The Labute approximate surface area is 196 Å². The lowest BCUT2D eigenvalue weighted by atomic mass is 9.98. The van der Waals surface area contributed by atoms with Crippen molar-refractivity contribution in [3.8, 4) is 5.75 Å². The summed E-state index contributed by atoms with van der Waals surface area (Å²) in [6.45, 7) is 10.0. The van der Waals surface area contributed by atoms with Crippen molar-refractivity contribution >= 4 is 23.4 Å². The lowest BCUT2D eigenvalue weighted by Gasteiger charge is -2.21. The maximum absolute atomic E-state index is 12.6. The normalized spacial score (nSPS) is 12.5. The van der Waals surface area contributed by atoms with E-state index in [1.54, 1.807) is 24.3 Å². The van der Waals surface area contributed by atoms with Crippen LogP contribution in [0, 0.1) is 5.92 Å². The zero-order chi connectivity index (χ0) is 24.4. The van der Waals surface area contributed by atoms with Crippen LogP contribution in [0.25, 0.3) is 0 Å². The van der Waals surface area contributed by atoms with E-state index in [0.717, 1.165) is 12.0 Å². The first-order valence-corrected chi connectivity index (χ1v) is 11.5. The van der Waals surface area contributed by atoms with E-state index < -0.39 is 17.9 Å². The van der Waals surface area contributed by atoms with Gasteiger partial charge in [-0.2, -0.15) is 0 Å². The van der Waals surface area contributed by atoms with Crippen molar-refractivity contribution in [3.63, 3.8) is 0 Å². The zero-order valence-corrected chi connectivity index (χ0v) is 20.1. The maximum atomic E-state index is 12.6. The van der Waals surface area contributed by atoms with Crippen LogP contribution in [0.3, 0.4) is 0 Å². The van der Waals surface area contributed by atoms with Crippen LogP contribution in [0.5, 0.6) is 5.75 Å². The number of hydrazine groups is 1. The van der Waals surface area contributed by atoms with Gasteiger partial charge in [0.25, 0.3) is 11.8 Å². The van der Waals surface area contributed by atoms with Gasteiger partial charge in [0.15, 0.2) is 6.10 Å². The fourth-order valence-corrected chi connectivity index (χ4v) is 3.25. The minimum Gasteiger partial charge on any atom is -0.480 e. The monoisotopic (exact) mass is 453 g/mol. The molecule has 178 valence electrons. The smallest absolute Gasteiger partial charge is 0.279 e. The van der Waals surface area contributed by atoms with Crippen LogP contribution < -0.4 is 20.9 Å². The van der Waals surface area contributed by atoms with Crippen LogP contribution in [-0.4, -0.2) is 23.8 Å². The molecule has 0 aliphatic heterocycles. The quantitative estimate of drug-likeness (QED) is 0.450. The molecule has 0 bridgehead atoms. The van der Waals surface area contributed by atoms with Gasteiger partial charge >= 0.3 is 0 Å². The van der Waals surface area contributed by atoms with E-state index in [4.69, 9.17) is 4.74 Å². The molecule has 0 aliphatic carbocycles. The highest BCUT2D eigenvalue weighted by atomic mass is 16.5. The molecule has 0 aliphatic rings. The Balaban J connectivity index is 1.93. The highest BCUT2D eigenvalue weighted by Gasteiger charge is 2.21. The number of rotatable bonds is 10. The molecular weight excluding hydrogens is 418 g/mol.